The summed E-state index contributed by atoms with van der Waals surface area (Å²) < 4.78 is 26.6. The first-order valence-electron chi connectivity index (χ1n) is 5.38. The van der Waals surface area contributed by atoms with Gasteiger partial charge in [0.1, 0.15) is 5.71 Å². The van der Waals surface area contributed by atoms with Crippen molar-refractivity contribution in [1.82, 2.24) is 5.01 Å². The summed E-state index contributed by atoms with van der Waals surface area (Å²) in [6.45, 7) is 5.64. The Morgan fingerprint density at radius 1 is 1.50 bits per heavy atom. The Bertz CT molecular complexity index is 376. The van der Waals surface area contributed by atoms with Crippen molar-refractivity contribution in [1.29, 1.82) is 0 Å². The zero-order valence-electron chi connectivity index (χ0n) is 10.5. The number of hydrogen-bond acceptors (Lipinski definition) is 2. The van der Waals surface area contributed by atoms with E-state index in [-0.39, 0.29) is 5.71 Å². The fourth-order valence-electron chi connectivity index (χ4n) is 0.900. The second kappa shape index (κ2) is 9.66. The summed E-state index contributed by atoms with van der Waals surface area (Å²) in [6, 6.07) is 0. The van der Waals surface area contributed by atoms with Gasteiger partial charge in [0.25, 0.3) is 6.43 Å². The van der Waals surface area contributed by atoms with Crippen LogP contribution in [-0.4, -0.2) is 23.7 Å². The normalized spacial score (nSPS) is 14.8. The lowest BCUT2D eigenvalue weighted by atomic mass is 10.4. The Hall–Kier alpha value is -0.240. The van der Waals surface area contributed by atoms with Crippen LogP contribution in [-0.2, 0) is 0 Å². The van der Waals surface area contributed by atoms with Crippen molar-refractivity contribution in [2.75, 3.05) is 6.54 Å². The van der Waals surface area contributed by atoms with Gasteiger partial charge in [0.05, 0.1) is 0 Å². The SMILES string of the molecule is C\C=C(I)/C(Br)=C\C=C\N(CC)/N=C(\C)C(F)F. The lowest BCUT2D eigenvalue weighted by Crippen LogP contribution is -2.15. The van der Waals surface area contributed by atoms with Crippen LogP contribution in [0.1, 0.15) is 20.8 Å². The third kappa shape index (κ3) is 7.25. The Morgan fingerprint density at radius 3 is 2.56 bits per heavy atom. The van der Waals surface area contributed by atoms with E-state index in [1.807, 2.05) is 26.0 Å². The van der Waals surface area contributed by atoms with Crippen molar-refractivity contribution in [3.63, 3.8) is 0 Å². The lowest BCUT2D eigenvalue weighted by Gasteiger charge is -2.12. The molecule has 0 bridgehead atoms. The molecular weight excluding hydrogens is 417 g/mol. The first-order valence-corrected chi connectivity index (χ1v) is 7.25. The van der Waals surface area contributed by atoms with Gasteiger partial charge in [-0.1, -0.05) is 6.08 Å². The molecule has 0 saturated heterocycles. The number of rotatable bonds is 6. The minimum atomic E-state index is -2.52. The molecule has 0 aliphatic rings. The van der Waals surface area contributed by atoms with Gasteiger partial charge in [0, 0.05) is 20.8 Å². The maximum Gasteiger partial charge on any atom is 0.278 e. The van der Waals surface area contributed by atoms with Crippen molar-refractivity contribution in [3.8, 4) is 0 Å². The van der Waals surface area contributed by atoms with Gasteiger partial charge in [-0.2, -0.15) is 5.10 Å². The molecule has 0 aromatic carbocycles. The third-order valence-electron chi connectivity index (χ3n) is 1.91. The van der Waals surface area contributed by atoms with E-state index in [4.69, 9.17) is 0 Å². The minimum absolute atomic E-state index is 0.187. The third-order valence-corrected chi connectivity index (χ3v) is 4.54. The molecule has 0 spiro atoms. The second-order valence-corrected chi connectivity index (χ2v) is 5.31. The Morgan fingerprint density at radius 2 is 2.11 bits per heavy atom. The molecule has 0 N–H and O–H groups in total. The van der Waals surface area contributed by atoms with Crippen LogP contribution in [0.4, 0.5) is 8.78 Å². The lowest BCUT2D eigenvalue weighted by molar-refractivity contribution is 0.221. The van der Waals surface area contributed by atoms with E-state index in [0.29, 0.717) is 6.54 Å². The molecule has 0 radical (unpaired) electrons. The Kier molecular flexibility index (Phi) is 9.53. The monoisotopic (exact) mass is 432 g/mol. The molecule has 102 valence electrons. The highest BCUT2D eigenvalue weighted by atomic mass is 127. The van der Waals surface area contributed by atoms with Crippen LogP contribution < -0.4 is 0 Å². The fourth-order valence-corrected chi connectivity index (χ4v) is 1.46. The fraction of sp³-hybridized carbons (Fsp3) is 0.417. The van der Waals surface area contributed by atoms with Crippen LogP contribution in [0, 0.1) is 0 Å². The Labute approximate surface area is 129 Å². The van der Waals surface area contributed by atoms with Crippen molar-refractivity contribution >= 4 is 44.2 Å². The smallest absolute Gasteiger partial charge is 0.273 e. The first-order chi connectivity index (χ1) is 8.42. The quantitative estimate of drug-likeness (QED) is 0.247. The number of halogens is 4. The highest BCUT2D eigenvalue weighted by Crippen LogP contribution is 2.23. The van der Waals surface area contributed by atoms with Crippen LogP contribution in [0.5, 0.6) is 0 Å². The summed E-state index contributed by atoms with van der Waals surface area (Å²) >= 11 is 5.61. The van der Waals surface area contributed by atoms with Crippen LogP contribution in [0.3, 0.4) is 0 Å². The van der Waals surface area contributed by atoms with Gasteiger partial charge in [-0.15, -0.1) is 0 Å². The molecule has 0 aromatic heterocycles. The molecule has 18 heavy (non-hydrogen) atoms. The summed E-state index contributed by atoms with van der Waals surface area (Å²) in [4.78, 5) is 0. The molecular formula is C12H16BrF2IN2. The molecule has 0 amide bonds. The summed E-state index contributed by atoms with van der Waals surface area (Å²) in [5, 5.41) is 5.28. The van der Waals surface area contributed by atoms with Gasteiger partial charge in [-0.3, -0.25) is 5.01 Å². The largest absolute Gasteiger partial charge is 0.278 e. The number of nitrogens with zero attached hydrogens (tertiary/aromatic N) is 2. The van der Waals surface area contributed by atoms with Gasteiger partial charge in [-0.05, 0) is 71.4 Å². The molecule has 2 nitrogen and oxygen atoms in total. The average Bonchev–Trinajstić information content (AvgIpc) is 2.35. The molecule has 0 aliphatic heterocycles. The second-order valence-electron chi connectivity index (χ2n) is 3.29. The summed E-state index contributed by atoms with van der Waals surface area (Å²) in [6.07, 6.45) is 4.72. The van der Waals surface area contributed by atoms with Crippen molar-refractivity contribution in [3.05, 3.63) is 32.5 Å². The number of hydrogen-bond donors (Lipinski definition) is 0. The topological polar surface area (TPSA) is 15.6 Å². The average molecular weight is 433 g/mol. The van der Waals surface area contributed by atoms with E-state index in [0.717, 1.165) is 8.06 Å². The number of hydrazone groups is 1. The van der Waals surface area contributed by atoms with Gasteiger partial charge >= 0.3 is 0 Å². The molecule has 0 rings (SSSR count). The van der Waals surface area contributed by atoms with Gasteiger partial charge in [-0.25, -0.2) is 8.78 Å². The predicted octanol–water partition coefficient (Wildman–Crippen LogP) is 5.08. The van der Waals surface area contributed by atoms with Crippen molar-refractivity contribution in [2.24, 2.45) is 5.10 Å². The first kappa shape index (κ1) is 17.8. The van der Waals surface area contributed by atoms with Crippen molar-refractivity contribution < 1.29 is 8.78 Å². The van der Waals surface area contributed by atoms with E-state index in [2.05, 4.69) is 43.6 Å². The van der Waals surface area contributed by atoms with Gasteiger partial charge in [0.2, 0.25) is 0 Å². The molecule has 0 heterocycles. The predicted molar refractivity (Wildman–Crippen MR) is 85.4 cm³/mol. The summed E-state index contributed by atoms with van der Waals surface area (Å²) in [7, 11) is 0. The molecule has 0 fully saturated rings. The van der Waals surface area contributed by atoms with E-state index >= 15 is 0 Å². The molecule has 0 saturated carbocycles. The number of alkyl halides is 2. The number of allylic oxidation sites excluding steroid dienone is 5. The molecule has 0 unspecified atom stereocenters. The summed E-state index contributed by atoms with van der Waals surface area (Å²) in [5.41, 5.74) is -0.187. The zero-order valence-corrected chi connectivity index (χ0v) is 14.2. The summed E-state index contributed by atoms with van der Waals surface area (Å²) in [5.74, 6) is 0. The highest BCUT2D eigenvalue weighted by molar-refractivity contribution is 14.1. The molecule has 0 aromatic rings. The van der Waals surface area contributed by atoms with Crippen LogP contribution in [0.2, 0.25) is 0 Å². The minimum Gasteiger partial charge on any atom is -0.273 e. The highest BCUT2D eigenvalue weighted by Gasteiger charge is 2.07. The molecule has 6 heteroatoms. The van der Waals surface area contributed by atoms with E-state index in [1.54, 1.807) is 12.3 Å². The van der Waals surface area contributed by atoms with Gasteiger partial charge < -0.3 is 0 Å². The standard InChI is InChI=1S/C12H16BrF2IN2/c1-4-11(16)10(13)7-6-8-18(5-2)17-9(3)12(14)15/h4,6-8,12H,5H2,1-3H3/b8-6+,10-7+,11-4+,17-9+. The van der Waals surface area contributed by atoms with Crippen LogP contribution in [0.15, 0.2) is 37.6 Å². The van der Waals surface area contributed by atoms with E-state index in [1.165, 1.54) is 11.9 Å². The maximum absolute atomic E-state index is 12.3. The van der Waals surface area contributed by atoms with Crippen LogP contribution >= 0.6 is 38.5 Å². The van der Waals surface area contributed by atoms with E-state index in [9.17, 15) is 8.78 Å². The van der Waals surface area contributed by atoms with Crippen LogP contribution in [0.25, 0.3) is 0 Å². The molecule has 0 atom stereocenters. The van der Waals surface area contributed by atoms with Gasteiger partial charge in [0.15, 0.2) is 0 Å². The molecule has 0 aliphatic carbocycles. The maximum atomic E-state index is 12.3. The Balaban J connectivity index is 4.70. The zero-order chi connectivity index (χ0) is 14.1. The van der Waals surface area contributed by atoms with Crippen molar-refractivity contribution in [2.45, 2.75) is 27.2 Å². The van der Waals surface area contributed by atoms with E-state index < -0.39 is 6.43 Å².